The molecule has 2 unspecified atom stereocenters. The third-order valence-corrected chi connectivity index (χ3v) is 6.19. The van der Waals surface area contributed by atoms with Crippen molar-refractivity contribution in [3.63, 3.8) is 0 Å². The van der Waals surface area contributed by atoms with E-state index in [1.165, 1.54) is 36.0 Å². The molecular formula is C23H26. The van der Waals surface area contributed by atoms with Gasteiger partial charge in [0.1, 0.15) is 0 Å². The summed E-state index contributed by atoms with van der Waals surface area (Å²) in [5.41, 5.74) is 6.26. The van der Waals surface area contributed by atoms with Crippen molar-refractivity contribution < 1.29 is 0 Å². The summed E-state index contributed by atoms with van der Waals surface area (Å²) in [7, 11) is 0. The molecule has 4 rings (SSSR count). The highest BCUT2D eigenvalue weighted by atomic mass is 14.5. The molecule has 2 atom stereocenters. The minimum Gasteiger partial charge on any atom is -0.0622 e. The fraction of sp³-hybridized carbons (Fsp3) is 0.391. The van der Waals surface area contributed by atoms with Crippen LogP contribution < -0.4 is 0 Å². The first kappa shape index (κ1) is 14.8. The molecule has 2 aromatic rings. The summed E-state index contributed by atoms with van der Waals surface area (Å²) >= 11 is 0. The van der Waals surface area contributed by atoms with Gasteiger partial charge < -0.3 is 0 Å². The number of benzene rings is 2. The quantitative estimate of drug-likeness (QED) is 0.641. The Kier molecular flexibility index (Phi) is 3.64. The zero-order valence-electron chi connectivity index (χ0n) is 14.3. The fourth-order valence-electron chi connectivity index (χ4n) is 4.73. The van der Waals surface area contributed by atoms with Crippen molar-refractivity contribution in [1.29, 1.82) is 0 Å². The number of rotatable bonds is 3. The predicted molar refractivity (Wildman–Crippen MR) is 98.3 cm³/mol. The topological polar surface area (TPSA) is 0 Å². The van der Waals surface area contributed by atoms with Crippen LogP contribution in [0.2, 0.25) is 0 Å². The van der Waals surface area contributed by atoms with E-state index in [4.69, 9.17) is 0 Å². The van der Waals surface area contributed by atoms with Gasteiger partial charge in [-0.15, -0.1) is 0 Å². The van der Waals surface area contributed by atoms with Crippen LogP contribution in [0.5, 0.6) is 0 Å². The van der Waals surface area contributed by atoms with Gasteiger partial charge in [-0.2, -0.15) is 0 Å². The summed E-state index contributed by atoms with van der Waals surface area (Å²) < 4.78 is 0. The summed E-state index contributed by atoms with van der Waals surface area (Å²) in [5.74, 6) is 1.76. The second-order valence-corrected chi connectivity index (χ2v) is 7.93. The average molecular weight is 302 g/mol. The maximum Gasteiger partial charge on any atom is -0.00258 e. The Labute approximate surface area is 140 Å². The molecule has 2 aromatic carbocycles. The molecule has 0 amide bonds. The predicted octanol–water partition coefficient (Wildman–Crippen LogP) is 6.12. The van der Waals surface area contributed by atoms with Crippen LogP contribution in [0.4, 0.5) is 0 Å². The van der Waals surface area contributed by atoms with Crippen molar-refractivity contribution in [2.24, 2.45) is 17.3 Å². The molecule has 0 saturated heterocycles. The molecule has 2 bridgehead atoms. The highest BCUT2D eigenvalue weighted by molar-refractivity contribution is 5.57. The Hall–Kier alpha value is -1.82. The first-order valence-electron chi connectivity index (χ1n) is 8.98. The van der Waals surface area contributed by atoms with Gasteiger partial charge in [0.05, 0.1) is 0 Å². The monoisotopic (exact) mass is 302 g/mol. The highest BCUT2D eigenvalue weighted by Gasteiger charge is 2.48. The molecule has 0 heterocycles. The van der Waals surface area contributed by atoms with E-state index in [9.17, 15) is 0 Å². The standard InChI is InChI=1S/C23H26/c1-23(2)21-13-12-20(16-21)22(23)15-19-10-8-18(9-11-19)14-17-6-4-3-5-7-17/h3-11,15,20-21H,12-14,16H2,1-2H3/b22-15+. The van der Waals surface area contributed by atoms with Crippen LogP contribution in [0.25, 0.3) is 6.08 Å². The molecule has 118 valence electrons. The van der Waals surface area contributed by atoms with Crippen molar-refractivity contribution in [3.05, 3.63) is 76.9 Å². The van der Waals surface area contributed by atoms with Gasteiger partial charge >= 0.3 is 0 Å². The van der Waals surface area contributed by atoms with Crippen molar-refractivity contribution in [2.45, 2.75) is 39.5 Å². The maximum atomic E-state index is 2.48. The van der Waals surface area contributed by atoms with Crippen LogP contribution in [-0.4, -0.2) is 0 Å². The number of hydrogen-bond acceptors (Lipinski definition) is 0. The Morgan fingerprint density at radius 2 is 1.61 bits per heavy atom. The van der Waals surface area contributed by atoms with Gasteiger partial charge in [-0.3, -0.25) is 0 Å². The Morgan fingerprint density at radius 1 is 0.913 bits per heavy atom. The van der Waals surface area contributed by atoms with Gasteiger partial charge in [0, 0.05) is 0 Å². The summed E-state index contributed by atoms with van der Waals surface area (Å²) in [5, 5.41) is 0. The van der Waals surface area contributed by atoms with Crippen LogP contribution in [0.15, 0.2) is 60.2 Å². The fourth-order valence-corrected chi connectivity index (χ4v) is 4.73. The van der Waals surface area contributed by atoms with E-state index in [1.807, 2.05) is 0 Å². The van der Waals surface area contributed by atoms with E-state index >= 15 is 0 Å². The zero-order valence-corrected chi connectivity index (χ0v) is 14.3. The van der Waals surface area contributed by atoms with Gasteiger partial charge in [0.15, 0.2) is 0 Å². The number of hydrogen-bond donors (Lipinski definition) is 0. The molecule has 0 aromatic heterocycles. The number of allylic oxidation sites excluding steroid dienone is 1. The van der Waals surface area contributed by atoms with E-state index in [2.05, 4.69) is 74.5 Å². The molecule has 0 aliphatic heterocycles. The second kappa shape index (κ2) is 5.67. The summed E-state index contributed by atoms with van der Waals surface area (Å²) in [4.78, 5) is 0. The lowest BCUT2D eigenvalue weighted by atomic mass is 9.72. The molecule has 23 heavy (non-hydrogen) atoms. The molecule has 0 radical (unpaired) electrons. The van der Waals surface area contributed by atoms with Crippen LogP contribution in [0.1, 0.15) is 49.8 Å². The van der Waals surface area contributed by atoms with Crippen molar-refractivity contribution in [3.8, 4) is 0 Å². The molecule has 2 aliphatic rings. The summed E-state index contributed by atoms with van der Waals surface area (Å²) in [6.07, 6.45) is 7.77. The molecular weight excluding hydrogens is 276 g/mol. The lowest BCUT2D eigenvalue weighted by Crippen LogP contribution is -2.22. The maximum absolute atomic E-state index is 2.48. The zero-order chi connectivity index (χ0) is 15.9. The third-order valence-electron chi connectivity index (χ3n) is 6.19. The minimum atomic E-state index is 0.408. The lowest BCUT2D eigenvalue weighted by Gasteiger charge is -2.33. The van der Waals surface area contributed by atoms with Gasteiger partial charge in [-0.25, -0.2) is 0 Å². The molecule has 0 N–H and O–H groups in total. The molecule has 0 nitrogen and oxygen atoms in total. The van der Waals surface area contributed by atoms with E-state index in [1.54, 1.807) is 5.57 Å². The van der Waals surface area contributed by atoms with Crippen molar-refractivity contribution >= 4 is 6.08 Å². The van der Waals surface area contributed by atoms with E-state index in [-0.39, 0.29) is 0 Å². The molecule has 0 spiro atoms. The third kappa shape index (κ3) is 2.76. The Balaban J connectivity index is 1.54. The average Bonchev–Trinajstić information content (AvgIpc) is 3.12. The summed E-state index contributed by atoms with van der Waals surface area (Å²) in [6.45, 7) is 4.90. The first-order chi connectivity index (χ1) is 11.1. The second-order valence-electron chi connectivity index (χ2n) is 7.93. The molecule has 2 aliphatic carbocycles. The van der Waals surface area contributed by atoms with Crippen LogP contribution in [-0.2, 0) is 6.42 Å². The Bertz CT molecular complexity index is 703. The SMILES string of the molecule is CC1(C)/C(=C/c2ccc(Cc3ccccc3)cc2)C2CCC1C2. The van der Waals surface area contributed by atoms with Crippen molar-refractivity contribution in [2.75, 3.05) is 0 Å². The Morgan fingerprint density at radius 3 is 2.26 bits per heavy atom. The van der Waals surface area contributed by atoms with Crippen LogP contribution in [0.3, 0.4) is 0 Å². The van der Waals surface area contributed by atoms with E-state index in [0.29, 0.717) is 5.41 Å². The largest absolute Gasteiger partial charge is 0.0622 e. The lowest BCUT2D eigenvalue weighted by molar-refractivity contribution is 0.290. The minimum absolute atomic E-state index is 0.408. The molecule has 0 heteroatoms. The van der Waals surface area contributed by atoms with Gasteiger partial charge in [-0.1, -0.05) is 80.1 Å². The van der Waals surface area contributed by atoms with Crippen molar-refractivity contribution in [1.82, 2.24) is 0 Å². The molecule has 2 saturated carbocycles. The summed E-state index contributed by atoms with van der Waals surface area (Å²) in [6, 6.07) is 19.9. The van der Waals surface area contributed by atoms with Crippen LogP contribution >= 0.6 is 0 Å². The van der Waals surface area contributed by atoms with Gasteiger partial charge in [0.25, 0.3) is 0 Å². The highest BCUT2D eigenvalue weighted by Crippen LogP contribution is 2.59. The van der Waals surface area contributed by atoms with Gasteiger partial charge in [-0.05, 0) is 59.6 Å². The number of fused-ring (bicyclic) bond motifs is 2. The van der Waals surface area contributed by atoms with Gasteiger partial charge in [0.2, 0.25) is 0 Å². The first-order valence-corrected chi connectivity index (χ1v) is 8.98. The van der Waals surface area contributed by atoms with E-state index < -0.39 is 0 Å². The van der Waals surface area contributed by atoms with E-state index in [0.717, 1.165) is 18.3 Å². The van der Waals surface area contributed by atoms with Crippen LogP contribution in [0, 0.1) is 17.3 Å². The smallest absolute Gasteiger partial charge is 0.00258 e. The molecule has 2 fully saturated rings. The normalized spacial score (nSPS) is 26.8.